The van der Waals surface area contributed by atoms with E-state index in [9.17, 15) is 21.6 Å². The van der Waals surface area contributed by atoms with Gasteiger partial charge in [-0.25, -0.2) is 21.6 Å². The van der Waals surface area contributed by atoms with Crippen LogP contribution in [0.5, 0.6) is 0 Å². The first-order chi connectivity index (χ1) is 10.6. The lowest BCUT2D eigenvalue weighted by atomic mass is 10.2. The van der Waals surface area contributed by atoms with Gasteiger partial charge in [0.1, 0.15) is 4.21 Å². The number of carbonyl (C=O) groups is 1. The van der Waals surface area contributed by atoms with Crippen LogP contribution in [0.2, 0.25) is 0 Å². The lowest BCUT2D eigenvalue weighted by molar-refractivity contribution is 0.0981. The smallest absolute Gasteiger partial charge is 0.268 e. The second-order valence-corrected chi connectivity index (χ2v) is 10.3. The number of sulfone groups is 1. The highest BCUT2D eigenvalue weighted by Crippen LogP contribution is 2.18. The van der Waals surface area contributed by atoms with E-state index >= 15 is 0 Å². The normalized spacial score (nSPS) is 12.3. The van der Waals surface area contributed by atoms with Crippen molar-refractivity contribution in [3.05, 3.63) is 47.3 Å². The number of thiophene rings is 1. The highest BCUT2D eigenvalue weighted by Gasteiger charge is 2.22. The van der Waals surface area contributed by atoms with Crippen LogP contribution in [0, 0.1) is 0 Å². The summed E-state index contributed by atoms with van der Waals surface area (Å²) in [6.07, 6.45) is 0. The number of benzene rings is 1. The summed E-state index contributed by atoms with van der Waals surface area (Å²) < 4.78 is 49.9. The van der Waals surface area contributed by atoms with E-state index in [-0.39, 0.29) is 14.7 Å². The van der Waals surface area contributed by atoms with E-state index in [1.54, 1.807) is 25.3 Å². The Bertz CT molecular complexity index is 896. The average Bonchev–Trinajstić information content (AvgIpc) is 3.02. The van der Waals surface area contributed by atoms with Gasteiger partial charge in [-0.2, -0.15) is 0 Å². The minimum atomic E-state index is -3.92. The number of hydrogen-bond acceptors (Lipinski definition) is 6. The topological polar surface area (TPSA) is 97.4 Å². The Kier molecular flexibility index (Phi) is 4.92. The van der Waals surface area contributed by atoms with Crippen LogP contribution in [0.3, 0.4) is 0 Å². The summed E-state index contributed by atoms with van der Waals surface area (Å²) in [6, 6.07) is 8.11. The molecule has 2 aromatic rings. The third-order valence-corrected chi connectivity index (χ3v) is 7.95. The first-order valence-corrected chi connectivity index (χ1v) is 10.5. The van der Waals surface area contributed by atoms with Gasteiger partial charge >= 0.3 is 0 Å². The van der Waals surface area contributed by atoms with Crippen molar-refractivity contribution in [1.82, 2.24) is 4.72 Å². The lowest BCUT2D eigenvalue weighted by Crippen LogP contribution is -2.30. The van der Waals surface area contributed by atoms with E-state index < -0.39 is 31.0 Å². The van der Waals surface area contributed by atoms with Crippen molar-refractivity contribution in [3.8, 4) is 0 Å². The van der Waals surface area contributed by atoms with Crippen molar-refractivity contribution in [2.45, 2.75) is 28.2 Å². The number of carbonyl (C=O) groups excluding carboxylic acids is 1. The van der Waals surface area contributed by atoms with Gasteiger partial charge in [-0.3, -0.25) is 4.79 Å². The summed E-state index contributed by atoms with van der Waals surface area (Å²) in [5, 5.41) is 1.01. The van der Waals surface area contributed by atoms with E-state index in [1.807, 2.05) is 4.72 Å². The molecular formula is C14H15NO5S3. The van der Waals surface area contributed by atoms with Crippen molar-refractivity contribution in [1.29, 1.82) is 0 Å². The molecule has 0 atom stereocenters. The molecule has 0 fully saturated rings. The molecular weight excluding hydrogens is 358 g/mol. The SMILES string of the molecule is CC(C)S(=O)(=O)c1ccc(C(=O)NS(=O)(=O)c2cccs2)cc1. The zero-order chi connectivity index (χ0) is 17.3. The molecule has 1 aromatic heterocycles. The van der Waals surface area contributed by atoms with Gasteiger partial charge in [0.2, 0.25) is 0 Å². The predicted molar refractivity (Wildman–Crippen MR) is 87.7 cm³/mol. The minimum Gasteiger partial charge on any atom is -0.268 e. The number of rotatable bonds is 5. The molecule has 0 saturated carbocycles. The minimum absolute atomic E-state index is 0.0323. The van der Waals surface area contributed by atoms with E-state index in [4.69, 9.17) is 0 Å². The van der Waals surface area contributed by atoms with Gasteiger partial charge in [-0.15, -0.1) is 11.3 Å². The van der Waals surface area contributed by atoms with Gasteiger partial charge in [0.15, 0.2) is 9.84 Å². The fraction of sp³-hybridized carbons (Fsp3) is 0.214. The molecule has 2 rings (SSSR count). The Labute approximate surface area is 139 Å². The molecule has 0 aliphatic rings. The highest BCUT2D eigenvalue weighted by molar-refractivity contribution is 7.92. The molecule has 1 aromatic carbocycles. The maximum Gasteiger partial charge on any atom is 0.273 e. The summed E-state index contributed by atoms with van der Waals surface area (Å²) in [5.74, 6) is -0.813. The van der Waals surface area contributed by atoms with Gasteiger partial charge in [-0.1, -0.05) is 6.07 Å². The molecule has 1 amide bonds. The number of hydrogen-bond donors (Lipinski definition) is 1. The average molecular weight is 373 g/mol. The zero-order valence-corrected chi connectivity index (χ0v) is 14.8. The van der Waals surface area contributed by atoms with Crippen LogP contribution in [0.15, 0.2) is 50.9 Å². The van der Waals surface area contributed by atoms with Crippen LogP contribution in [0.25, 0.3) is 0 Å². The molecule has 124 valence electrons. The lowest BCUT2D eigenvalue weighted by Gasteiger charge is -2.09. The number of sulfonamides is 1. The summed E-state index contributed by atoms with van der Waals surface area (Å²) in [7, 11) is -7.35. The van der Waals surface area contributed by atoms with Crippen molar-refractivity contribution >= 4 is 37.1 Å². The van der Waals surface area contributed by atoms with Crippen LogP contribution in [-0.2, 0) is 19.9 Å². The fourth-order valence-electron chi connectivity index (χ4n) is 1.72. The van der Waals surface area contributed by atoms with E-state index in [1.165, 1.54) is 30.3 Å². The van der Waals surface area contributed by atoms with Gasteiger partial charge in [0.25, 0.3) is 15.9 Å². The van der Waals surface area contributed by atoms with Gasteiger partial charge < -0.3 is 0 Å². The second-order valence-electron chi connectivity index (χ2n) is 4.98. The first-order valence-electron chi connectivity index (χ1n) is 6.59. The van der Waals surface area contributed by atoms with Crippen LogP contribution in [-0.4, -0.2) is 28.0 Å². The third-order valence-electron chi connectivity index (χ3n) is 3.05. The largest absolute Gasteiger partial charge is 0.273 e. The standard InChI is InChI=1S/C14H15NO5S3/c1-10(2)22(17,18)12-7-5-11(6-8-12)14(16)15-23(19,20)13-4-3-9-21-13/h3-10H,1-2H3,(H,15,16). The van der Waals surface area contributed by atoms with Crippen molar-refractivity contribution in [2.24, 2.45) is 0 Å². The van der Waals surface area contributed by atoms with Crippen molar-refractivity contribution < 1.29 is 21.6 Å². The Morgan fingerprint density at radius 1 is 1.04 bits per heavy atom. The zero-order valence-electron chi connectivity index (χ0n) is 12.4. The monoisotopic (exact) mass is 373 g/mol. The molecule has 1 N–H and O–H groups in total. The molecule has 0 spiro atoms. The van der Waals surface area contributed by atoms with E-state index in [0.717, 1.165) is 11.3 Å². The molecule has 0 aliphatic heterocycles. The van der Waals surface area contributed by atoms with Gasteiger partial charge in [-0.05, 0) is 49.6 Å². The van der Waals surface area contributed by atoms with Crippen LogP contribution in [0.1, 0.15) is 24.2 Å². The van der Waals surface area contributed by atoms with Crippen LogP contribution < -0.4 is 4.72 Å². The summed E-state index contributed by atoms with van der Waals surface area (Å²) >= 11 is 0.994. The Hall–Kier alpha value is -1.71. The van der Waals surface area contributed by atoms with Crippen LogP contribution in [0.4, 0.5) is 0 Å². The molecule has 0 saturated heterocycles. The van der Waals surface area contributed by atoms with Crippen LogP contribution >= 0.6 is 11.3 Å². The van der Waals surface area contributed by atoms with Gasteiger partial charge in [0.05, 0.1) is 10.1 Å². The van der Waals surface area contributed by atoms with Crippen molar-refractivity contribution in [2.75, 3.05) is 0 Å². The maximum atomic E-state index is 12.0. The fourth-order valence-corrected chi connectivity index (χ4v) is 4.74. The molecule has 0 radical (unpaired) electrons. The molecule has 0 unspecified atom stereocenters. The summed E-state index contributed by atoms with van der Waals surface area (Å²) in [4.78, 5) is 12.1. The molecule has 6 nitrogen and oxygen atoms in total. The molecule has 0 bridgehead atoms. The predicted octanol–water partition coefficient (Wildman–Crippen LogP) is 2.05. The molecule has 9 heteroatoms. The van der Waals surface area contributed by atoms with Crippen molar-refractivity contribution in [3.63, 3.8) is 0 Å². The molecule has 23 heavy (non-hydrogen) atoms. The molecule has 1 heterocycles. The number of nitrogens with one attached hydrogen (secondary N) is 1. The highest BCUT2D eigenvalue weighted by atomic mass is 32.2. The Morgan fingerprint density at radius 2 is 1.65 bits per heavy atom. The second kappa shape index (κ2) is 6.42. The maximum absolute atomic E-state index is 12.0. The Morgan fingerprint density at radius 3 is 2.13 bits per heavy atom. The van der Waals surface area contributed by atoms with E-state index in [2.05, 4.69) is 0 Å². The summed E-state index contributed by atoms with van der Waals surface area (Å²) in [5.41, 5.74) is 0.0628. The quantitative estimate of drug-likeness (QED) is 0.865. The first kappa shape index (κ1) is 17.6. The third kappa shape index (κ3) is 3.80. The Balaban J connectivity index is 2.22. The summed E-state index contributed by atoms with van der Waals surface area (Å²) in [6.45, 7) is 3.12. The number of amides is 1. The van der Waals surface area contributed by atoms with E-state index in [0.29, 0.717) is 0 Å². The molecule has 0 aliphatic carbocycles. The van der Waals surface area contributed by atoms with Gasteiger partial charge in [0, 0.05) is 5.56 Å².